The van der Waals surface area contributed by atoms with E-state index in [1.807, 2.05) is 0 Å². The van der Waals surface area contributed by atoms with Crippen LogP contribution in [0.2, 0.25) is 13.1 Å². The van der Waals surface area contributed by atoms with Gasteiger partial charge in [-0.1, -0.05) is 130 Å². The Kier molecular flexibility index (Phi) is 15.0. The van der Waals surface area contributed by atoms with E-state index >= 15 is 0 Å². The van der Waals surface area contributed by atoms with E-state index in [1.54, 1.807) is 37.6 Å². The van der Waals surface area contributed by atoms with E-state index in [0.717, 1.165) is 24.3 Å². The van der Waals surface area contributed by atoms with Crippen LogP contribution in [0.5, 0.6) is 11.5 Å². The van der Waals surface area contributed by atoms with Gasteiger partial charge >= 0.3 is 41.9 Å². The number of hydrogen-bond acceptors (Lipinski definition) is 2. The minimum atomic E-state index is 0.0263. The first-order chi connectivity index (χ1) is 25.3. The van der Waals surface area contributed by atoms with Crippen molar-refractivity contribution < 1.29 is 32.8 Å². The molecule has 2 nitrogen and oxygen atoms in total. The van der Waals surface area contributed by atoms with Crippen molar-refractivity contribution in [3.8, 4) is 33.8 Å². The summed E-state index contributed by atoms with van der Waals surface area (Å²) >= 11 is 1.74. The van der Waals surface area contributed by atoms with E-state index in [1.165, 1.54) is 66.1 Å². The van der Waals surface area contributed by atoms with Gasteiger partial charge in [0.15, 0.2) is 0 Å². The van der Waals surface area contributed by atoms with Gasteiger partial charge in [-0.15, -0.1) is 56.9 Å². The average Bonchev–Trinajstić information content (AvgIpc) is 3.68. The number of hydrogen-bond donors (Lipinski definition) is 0. The molecule has 0 N–H and O–H groups in total. The number of rotatable bonds is 8. The van der Waals surface area contributed by atoms with Gasteiger partial charge in [-0.3, -0.25) is 0 Å². The average molecular weight is 816 g/mol. The molecule has 0 amide bonds. The Balaban J connectivity index is 0.000000219. The minimum absolute atomic E-state index is 0.0263. The zero-order valence-corrected chi connectivity index (χ0v) is 39.1. The van der Waals surface area contributed by atoms with Crippen LogP contribution in [0.4, 0.5) is 0 Å². The predicted octanol–water partition coefficient (Wildman–Crippen LogP) is 14.2. The summed E-state index contributed by atoms with van der Waals surface area (Å²) in [5, 5.41) is 5.24. The van der Waals surface area contributed by atoms with Gasteiger partial charge in [0.05, 0.1) is 14.2 Å². The van der Waals surface area contributed by atoms with E-state index in [9.17, 15) is 0 Å². The maximum absolute atomic E-state index is 5.96. The van der Waals surface area contributed by atoms with Crippen LogP contribution in [0.15, 0.2) is 97.1 Å². The molecule has 0 radical (unpaired) electrons. The SMILES string of the molecule is COc1c(C(C)(C)C)cc2[cH-]c(CC(C)C)cc2c1-c1ccccc1.COc1c(C(C)(C)C)cc2[cH-]c(CC(C)C)cc2c1-c1ccccc1.C[Si](C)=[Zr+2]. The Labute approximate surface area is 342 Å². The molecule has 6 aromatic rings. The second-order valence-corrected chi connectivity index (χ2v) is 27.2. The van der Waals surface area contributed by atoms with Crippen LogP contribution in [0, 0.1) is 11.8 Å². The van der Waals surface area contributed by atoms with Crippen LogP contribution in [0.1, 0.15) is 91.5 Å². The van der Waals surface area contributed by atoms with Crippen molar-refractivity contribution in [2.24, 2.45) is 11.8 Å². The van der Waals surface area contributed by atoms with Gasteiger partial charge in [0.25, 0.3) is 0 Å². The summed E-state index contributed by atoms with van der Waals surface area (Å²) in [5.41, 5.74) is 10.5. The summed E-state index contributed by atoms with van der Waals surface area (Å²) in [5.74, 6) is 3.32. The fourth-order valence-electron chi connectivity index (χ4n) is 7.30. The molecule has 54 heavy (non-hydrogen) atoms. The molecule has 0 fully saturated rings. The van der Waals surface area contributed by atoms with Crippen LogP contribution in [-0.4, -0.2) is 19.7 Å². The molecule has 0 aliphatic carbocycles. The fourth-order valence-corrected chi connectivity index (χ4v) is 7.30. The number of methoxy groups -OCH3 is 2. The van der Waals surface area contributed by atoms with Crippen LogP contribution in [-0.2, 0) is 47.0 Å². The Morgan fingerprint density at radius 2 is 0.889 bits per heavy atom. The molecule has 4 heteroatoms. The van der Waals surface area contributed by atoms with Crippen molar-refractivity contribution in [3.05, 3.63) is 119 Å². The molecule has 0 heterocycles. The zero-order chi connectivity index (χ0) is 40.0. The van der Waals surface area contributed by atoms with E-state index in [-0.39, 0.29) is 16.3 Å². The molecule has 6 rings (SSSR count). The van der Waals surface area contributed by atoms with Gasteiger partial charge in [0.1, 0.15) is 11.5 Å². The molecule has 0 unspecified atom stereocenters. The predicted molar refractivity (Wildman–Crippen MR) is 235 cm³/mol. The van der Waals surface area contributed by atoms with Crippen LogP contribution >= 0.6 is 0 Å². The zero-order valence-electron chi connectivity index (χ0n) is 35.6. The number of fused-ring (bicyclic) bond motifs is 2. The molecule has 0 aromatic heterocycles. The van der Waals surface area contributed by atoms with Crippen molar-refractivity contribution >= 4 is 27.0 Å². The summed E-state index contributed by atoms with van der Waals surface area (Å²) in [4.78, 5) is 0. The summed E-state index contributed by atoms with van der Waals surface area (Å²) in [6, 6.07) is 35.3. The number of benzene rings is 4. The van der Waals surface area contributed by atoms with Crippen LogP contribution < -0.4 is 9.47 Å². The van der Waals surface area contributed by atoms with Crippen molar-refractivity contribution in [2.75, 3.05) is 14.2 Å². The summed E-state index contributed by atoms with van der Waals surface area (Å²) < 4.78 is 11.9. The molecule has 0 saturated heterocycles. The molecule has 0 atom stereocenters. The molecule has 0 spiro atoms. The van der Waals surface area contributed by atoms with Crippen molar-refractivity contribution in [1.82, 2.24) is 0 Å². The quantitative estimate of drug-likeness (QED) is 0.113. The fraction of sp³-hybridized carbons (Fsp3) is 0.400. The van der Waals surface area contributed by atoms with Crippen molar-refractivity contribution in [3.63, 3.8) is 0 Å². The molecule has 0 aliphatic rings. The first-order valence-corrected chi connectivity index (χ1v) is 25.8. The Morgan fingerprint density at radius 3 is 1.15 bits per heavy atom. The summed E-state index contributed by atoms with van der Waals surface area (Å²) in [6.45, 7) is 27.2. The normalized spacial score (nSPS) is 11.7. The Bertz CT molecular complexity index is 1980. The molecule has 0 bridgehead atoms. The third kappa shape index (κ3) is 11.0. The second kappa shape index (κ2) is 18.6. The van der Waals surface area contributed by atoms with Gasteiger partial charge in [-0.2, -0.15) is 12.1 Å². The van der Waals surface area contributed by atoms with Crippen molar-refractivity contribution in [1.29, 1.82) is 0 Å². The standard InChI is InChI=1S/2C24H29O.C2H6Si.Zr/c2*1-16(2)12-17-13-19-15-21(24(3,4)5)23(25-6)22(20(19)14-17)18-10-8-7-9-11-18;1-3-2;/h2*7-11,13-16H,12H2,1-6H3;1-2H3;/q2*-1;;+2. The van der Waals surface area contributed by atoms with Crippen LogP contribution in [0.25, 0.3) is 43.8 Å². The molecule has 6 aromatic carbocycles. The molecule has 284 valence electrons. The van der Waals surface area contributed by atoms with Gasteiger partial charge in [0.2, 0.25) is 0 Å². The Hall–Kier alpha value is -3.20. The molecular weight excluding hydrogens is 752 g/mol. The van der Waals surface area contributed by atoms with Gasteiger partial charge in [0, 0.05) is 0 Å². The van der Waals surface area contributed by atoms with Gasteiger partial charge < -0.3 is 9.47 Å². The van der Waals surface area contributed by atoms with E-state index in [4.69, 9.17) is 9.47 Å². The topological polar surface area (TPSA) is 18.5 Å². The summed E-state index contributed by atoms with van der Waals surface area (Å²) in [7, 11) is 3.58. The number of ether oxygens (including phenoxy) is 2. The van der Waals surface area contributed by atoms with E-state index in [0.29, 0.717) is 11.8 Å². The molecule has 0 saturated carbocycles. The first kappa shape index (κ1) is 43.5. The molecule has 0 aliphatic heterocycles. The summed E-state index contributed by atoms with van der Waals surface area (Å²) in [6.07, 6.45) is 2.21. The van der Waals surface area contributed by atoms with Crippen LogP contribution in [0.3, 0.4) is 0 Å². The molecular formula is C50H64O2SiZr. The van der Waals surface area contributed by atoms with E-state index in [2.05, 4.69) is 179 Å². The van der Waals surface area contributed by atoms with Crippen molar-refractivity contribution in [2.45, 2.75) is 106 Å². The maximum atomic E-state index is 5.96. The Morgan fingerprint density at radius 1 is 0.574 bits per heavy atom. The monoisotopic (exact) mass is 814 g/mol. The first-order valence-electron chi connectivity index (χ1n) is 19.6. The van der Waals surface area contributed by atoms with Gasteiger partial charge in [-0.05, 0) is 68.9 Å². The second-order valence-electron chi connectivity index (χ2n) is 17.8. The van der Waals surface area contributed by atoms with Gasteiger partial charge in [-0.25, -0.2) is 0 Å². The third-order valence-corrected chi connectivity index (χ3v) is 9.48. The third-order valence-electron chi connectivity index (χ3n) is 9.48. The van der Waals surface area contributed by atoms with E-state index < -0.39 is 0 Å².